The van der Waals surface area contributed by atoms with Crippen LogP contribution in [0.5, 0.6) is 11.5 Å². The van der Waals surface area contributed by atoms with Crippen molar-refractivity contribution in [1.82, 2.24) is 14.5 Å². The molecule has 1 aromatic carbocycles. The maximum absolute atomic E-state index is 13.5. The van der Waals surface area contributed by atoms with E-state index in [0.717, 1.165) is 5.69 Å². The molecule has 0 saturated carbocycles. The fourth-order valence-corrected chi connectivity index (χ4v) is 3.86. The number of carbonyl (C=O) groups excluding carboxylic acids is 1. The number of nitrogen functional groups attached to an aromatic ring is 1. The van der Waals surface area contributed by atoms with Crippen LogP contribution in [0.1, 0.15) is 29.4 Å². The van der Waals surface area contributed by atoms with Gasteiger partial charge < -0.3 is 19.9 Å². The zero-order chi connectivity index (χ0) is 24.7. The summed E-state index contributed by atoms with van der Waals surface area (Å²) in [6, 6.07) is 4.69. The number of hydrogen-bond donors (Lipinski definition) is 2. The van der Waals surface area contributed by atoms with Crippen LogP contribution in [0.25, 0.3) is 0 Å². The van der Waals surface area contributed by atoms with E-state index in [1.54, 1.807) is 17.6 Å². The van der Waals surface area contributed by atoms with E-state index in [1.807, 2.05) is 12.3 Å². The standard InChI is InChI=1S/C22H27N5O6S/c1-4-7-27-19(23)18(20(28)25-22(27)30)26(8-9-31-2)21(29)14-5-6-16(17(10-14)32-3)33-11-15-12-34-13-24-15/h5-6,10,12-13H,4,7-9,11,23H2,1-3H3,(H,25,28,30). The Labute approximate surface area is 199 Å². The fourth-order valence-electron chi connectivity index (χ4n) is 3.32. The van der Waals surface area contributed by atoms with E-state index in [-0.39, 0.29) is 36.8 Å². The minimum absolute atomic E-state index is 0.0390. The molecule has 2 heterocycles. The van der Waals surface area contributed by atoms with Crippen molar-refractivity contribution in [2.75, 3.05) is 38.0 Å². The van der Waals surface area contributed by atoms with Crippen molar-refractivity contribution in [2.45, 2.75) is 26.5 Å². The van der Waals surface area contributed by atoms with Gasteiger partial charge in [0.05, 0.1) is 24.9 Å². The van der Waals surface area contributed by atoms with Gasteiger partial charge in [-0.15, -0.1) is 11.3 Å². The Morgan fingerprint density at radius 1 is 1.26 bits per heavy atom. The molecule has 0 aliphatic rings. The van der Waals surface area contributed by atoms with Gasteiger partial charge in [-0.2, -0.15) is 0 Å². The number of benzene rings is 1. The summed E-state index contributed by atoms with van der Waals surface area (Å²) in [5.74, 6) is 0.172. The molecule has 12 heteroatoms. The Hall–Kier alpha value is -3.64. The predicted octanol–water partition coefficient (Wildman–Crippen LogP) is 1.87. The van der Waals surface area contributed by atoms with Crippen LogP contribution in [0.4, 0.5) is 11.5 Å². The molecule has 3 rings (SSSR count). The lowest BCUT2D eigenvalue weighted by atomic mass is 10.1. The largest absolute Gasteiger partial charge is 0.493 e. The van der Waals surface area contributed by atoms with Crippen LogP contribution in [-0.4, -0.2) is 47.8 Å². The summed E-state index contributed by atoms with van der Waals surface area (Å²) in [5, 5.41) is 1.87. The summed E-state index contributed by atoms with van der Waals surface area (Å²) in [7, 11) is 2.94. The lowest BCUT2D eigenvalue weighted by molar-refractivity contribution is 0.0975. The van der Waals surface area contributed by atoms with Gasteiger partial charge in [0.1, 0.15) is 12.4 Å². The number of rotatable bonds is 11. The molecule has 0 saturated heterocycles. The molecule has 0 unspecified atom stereocenters. The second kappa shape index (κ2) is 11.5. The predicted molar refractivity (Wildman–Crippen MR) is 129 cm³/mol. The maximum atomic E-state index is 13.5. The number of nitrogens with one attached hydrogen (secondary N) is 1. The normalized spacial score (nSPS) is 10.8. The van der Waals surface area contributed by atoms with Crippen molar-refractivity contribution >= 4 is 28.7 Å². The molecule has 11 nitrogen and oxygen atoms in total. The van der Waals surface area contributed by atoms with E-state index in [0.29, 0.717) is 24.5 Å². The molecule has 0 aliphatic carbocycles. The molecule has 34 heavy (non-hydrogen) atoms. The lowest BCUT2D eigenvalue weighted by Gasteiger charge is -2.24. The van der Waals surface area contributed by atoms with Crippen LogP contribution in [0.15, 0.2) is 38.7 Å². The summed E-state index contributed by atoms with van der Waals surface area (Å²) >= 11 is 1.46. The number of H-pyrrole nitrogens is 1. The van der Waals surface area contributed by atoms with Crippen LogP contribution in [-0.2, 0) is 17.9 Å². The monoisotopic (exact) mass is 489 g/mol. The average Bonchev–Trinajstić information content (AvgIpc) is 3.35. The van der Waals surface area contributed by atoms with Gasteiger partial charge in [0.25, 0.3) is 11.5 Å². The number of thiazole rings is 1. The van der Waals surface area contributed by atoms with Crippen molar-refractivity contribution in [3.63, 3.8) is 0 Å². The van der Waals surface area contributed by atoms with Crippen LogP contribution in [0.2, 0.25) is 0 Å². The van der Waals surface area contributed by atoms with Gasteiger partial charge in [-0.05, 0) is 24.6 Å². The molecule has 0 radical (unpaired) electrons. The number of methoxy groups -OCH3 is 2. The number of anilines is 2. The van der Waals surface area contributed by atoms with Gasteiger partial charge in [0.15, 0.2) is 17.2 Å². The lowest BCUT2D eigenvalue weighted by Crippen LogP contribution is -2.42. The van der Waals surface area contributed by atoms with E-state index in [9.17, 15) is 14.4 Å². The molecule has 0 spiro atoms. The first kappa shape index (κ1) is 25.0. The molecular formula is C22H27N5O6S. The molecule has 3 N–H and O–H groups in total. The van der Waals surface area contributed by atoms with Crippen LogP contribution in [0.3, 0.4) is 0 Å². The third-order valence-electron chi connectivity index (χ3n) is 4.97. The number of amides is 1. The highest BCUT2D eigenvalue weighted by molar-refractivity contribution is 7.07. The third-order valence-corrected chi connectivity index (χ3v) is 5.60. The first-order chi connectivity index (χ1) is 16.4. The highest BCUT2D eigenvalue weighted by Gasteiger charge is 2.26. The first-order valence-electron chi connectivity index (χ1n) is 10.5. The molecule has 182 valence electrons. The summed E-state index contributed by atoms with van der Waals surface area (Å²) in [4.78, 5) is 46.0. The molecular weight excluding hydrogens is 462 g/mol. The van der Waals surface area contributed by atoms with Crippen molar-refractivity contribution in [2.24, 2.45) is 0 Å². The molecule has 0 fully saturated rings. The minimum atomic E-state index is -0.755. The minimum Gasteiger partial charge on any atom is -0.493 e. The van der Waals surface area contributed by atoms with E-state index in [4.69, 9.17) is 19.9 Å². The van der Waals surface area contributed by atoms with E-state index in [1.165, 1.54) is 41.1 Å². The zero-order valence-electron chi connectivity index (χ0n) is 19.2. The fraction of sp³-hybridized carbons (Fsp3) is 0.364. The van der Waals surface area contributed by atoms with Crippen LogP contribution < -0.4 is 31.4 Å². The number of hydrogen-bond acceptors (Lipinski definition) is 9. The molecule has 2 aromatic heterocycles. The number of carbonyl (C=O) groups is 1. The van der Waals surface area contributed by atoms with Gasteiger partial charge in [-0.1, -0.05) is 6.92 Å². The maximum Gasteiger partial charge on any atom is 0.330 e. The highest BCUT2D eigenvalue weighted by atomic mass is 32.1. The van der Waals surface area contributed by atoms with Crippen molar-refractivity contribution in [1.29, 1.82) is 0 Å². The van der Waals surface area contributed by atoms with Gasteiger partial charge >= 0.3 is 5.69 Å². The molecule has 0 bridgehead atoms. The second-order valence-corrected chi connectivity index (χ2v) is 7.95. The Morgan fingerprint density at radius 2 is 2.06 bits per heavy atom. The van der Waals surface area contributed by atoms with Crippen molar-refractivity contribution < 1.29 is 19.0 Å². The van der Waals surface area contributed by atoms with Crippen LogP contribution >= 0.6 is 11.3 Å². The molecule has 1 amide bonds. The van der Waals surface area contributed by atoms with Gasteiger partial charge in [-0.25, -0.2) is 9.78 Å². The highest BCUT2D eigenvalue weighted by Crippen LogP contribution is 2.30. The van der Waals surface area contributed by atoms with Gasteiger partial charge in [0.2, 0.25) is 0 Å². The Balaban J connectivity index is 1.98. The average molecular weight is 490 g/mol. The van der Waals surface area contributed by atoms with E-state index in [2.05, 4.69) is 9.97 Å². The molecule has 0 aliphatic heterocycles. The van der Waals surface area contributed by atoms with Crippen LogP contribution in [0, 0.1) is 0 Å². The molecule has 3 aromatic rings. The number of aromatic nitrogens is 3. The van der Waals surface area contributed by atoms with Gasteiger partial charge in [-0.3, -0.25) is 24.0 Å². The number of nitrogens with two attached hydrogens (primary N) is 1. The number of aromatic amines is 1. The SMILES string of the molecule is CCCn1c(N)c(N(CCOC)C(=O)c2ccc(OCc3cscn3)c(OC)c2)c(=O)[nH]c1=O. The van der Waals surface area contributed by atoms with Gasteiger partial charge in [0, 0.05) is 31.1 Å². The summed E-state index contributed by atoms with van der Waals surface area (Å²) in [5.41, 5.74) is 7.41. The summed E-state index contributed by atoms with van der Waals surface area (Å²) in [6.07, 6.45) is 0.612. The summed E-state index contributed by atoms with van der Waals surface area (Å²) in [6.45, 7) is 2.59. The first-order valence-corrected chi connectivity index (χ1v) is 11.5. The zero-order valence-corrected chi connectivity index (χ0v) is 20.0. The topological polar surface area (TPSA) is 142 Å². The molecule has 0 atom stereocenters. The summed E-state index contributed by atoms with van der Waals surface area (Å²) < 4.78 is 17.5. The van der Waals surface area contributed by atoms with E-state index >= 15 is 0 Å². The Morgan fingerprint density at radius 3 is 2.71 bits per heavy atom. The quantitative estimate of drug-likeness (QED) is 0.416. The third kappa shape index (κ3) is 5.46. The van der Waals surface area contributed by atoms with E-state index < -0.39 is 17.2 Å². The second-order valence-electron chi connectivity index (χ2n) is 7.23. The smallest absolute Gasteiger partial charge is 0.330 e. The number of nitrogens with zero attached hydrogens (tertiary/aromatic N) is 3. The van der Waals surface area contributed by atoms with Crippen molar-refractivity contribution in [3.8, 4) is 11.5 Å². The Kier molecular flexibility index (Phi) is 8.44. The Bertz CT molecular complexity index is 1240. The number of ether oxygens (including phenoxy) is 3. The van der Waals surface area contributed by atoms with Crippen molar-refractivity contribution in [3.05, 3.63) is 61.2 Å².